The van der Waals surface area contributed by atoms with E-state index in [4.69, 9.17) is 5.11 Å². The molecule has 0 bridgehead atoms. The molecule has 0 rings (SSSR count). The van der Waals surface area contributed by atoms with E-state index in [0.717, 1.165) is 0 Å². The van der Waals surface area contributed by atoms with Gasteiger partial charge in [0.15, 0.2) is 6.04 Å². The maximum absolute atomic E-state index is 13.5. The number of carbonyl (C=O) groups excluding carboxylic acids is 6. The number of thioether (sulfide) groups is 1. The third-order valence-electron chi connectivity index (χ3n) is 7.85. The van der Waals surface area contributed by atoms with Crippen molar-refractivity contribution in [2.45, 2.75) is 110 Å². The maximum Gasteiger partial charge on any atom is 0.326 e. The standard InChI is InChI=1S/C32H55N7O12S/c1-8-17(6)26(39-27(45)18(33)12-23(41)42)31(49)37-20(13-24(43)44)29(47)38-25(16(4)5)30(48)36-19(9-10-52-7)28(46)34-14-22(40)35-21(32(50)51)11-15(2)3/h15-21,25-26H,8-14,33H2,1-7H3,(H,34,46)(H,35,40)(H,36,48)(H,37,49)(H,38,47)(H,39,45)(H,41,42)(H,43,44)(H,50,51)/p+1/t17-,18-,19-,20-,21-,25-,26-/m0/s1. The number of hydrogen-bond acceptors (Lipinski definition) is 10. The van der Waals surface area contributed by atoms with Crippen LogP contribution in [0.15, 0.2) is 0 Å². The van der Waals surface area contributed by atoms with Gasteiger partial charge in [0.25, 0.3) is 5.91 Å². The average molecular weight is 763 g/mol. The van der Waals surface area contributed by atoms with Crippen LogP contribution in [-0.2, 0) is 43.2 Å². The van der Waals surface area contributed by atoms with Crippen molar-refractivity contribution in [2.75, 3.05) is 18.6 Å². The summed E-state index contributed by atoms with van der Waals surface area (Å²) in [5, 5.41) is 42.3. The molecule has 6 amide bonds. The van der Waals surface area contributed by atoms with Gasteiger partial charge in [-0.3, -0.25) is 38.4 Å². The highest BCUT2D eigenvalue weighted by atomic mass is 32.2. The maximum atomic E-state index is 13.5. The van der Waals surface area contributed by atoms with Gasteiger partial charge in [-0.2, -0.15) is 11.8 Å². The zero-order chi connectivity index (χ0) is 40.3. The highest BCUT2D eigenvalue weighted by Gasteiger charge is 2.36. The van der Waals surface area contributed by atoms with Gasteiger partial charge in [0, 0.05) is 0 Å². The van der Waals surface area contributed by atoms with E-state index >= 15 is 0 Å². The van der Waals surface area contributed by atoms with Crippen LogP contribution in [0.4, 0.5) is 0 Å². The molecule has 19 nitrogen and oxygen atoms in total. The van der Waals surface area contributed by atoms with Crippen LogP contribution in [0, 0.1) is 17.8 Å². The van der Waals surface area contributed by atoms with Crippen molar-refractivity contribution in [1.82, 2.24) is 31.9 Å². The molecule has 0 aliphatic carbocycles. The summed E-state index contributed by atoms with van der Waals surface area (Å²) in [5.74, 6) is -9.86. The number of rotatable bonds is 25. The molecule has 0 spiro atoms. The van der Waals surface area contributed by atoms with Gasteiger partial charge in [0.2, 0.25) is 29.5 Å². The number of carbonyl (C=O) groups is 9. The van der Waals surface area contributed by atoms with Crippen LogP contribution in [0.3, 0.4) is 0 Å². The predicted molar refractivity (Wildman–Crippen MR) is 188 cm³/mol. The molecule has 0 aromatic heterocycles. The van der Waals surface area contributed by atoms with E-state index in [1.54, 1.807) is 47.8 Å². The van der Waals surface area contributed by atoms with Crippen molar-refractivity contribution in [1.29, 1.82) is 0 Å². The van der Waals surface area contributed by atoms with Gasteiger partial charge in [0.05, 0.1) is 13.0 Å². The Morgan fingerprint density at radius 3 is 1.67 bits per heavy atom. The summed E-state index contributed by atoms with van der Waals surface area (Å²) in [6, 6.07) is -7.90. The van der Waals surface area contributed by atoms with E-state index in [2.05, 4.69) is 37.6 Å². The van der Waals surface area contributed by atoms with Gasteiger partial charge in [-0.25, -0.2) is 4.79 Å². The first-order valence-electron chi connectivity index (χ1n) is 16.9. The lowest BCUT2D eigenvalue weighted by Crippen LogP contribution is -2.70. The zero-order valence-corrected chi connectivity index (χ0v) is 31.6. The summed E-state index contributed by atoms with van der Waals surface area (Å²) >= 11 is 1.37. The number of nitrogens with one attached hydrogen (secondary N) is 6. The molecule has 296 valence electrons. The largest absolute Gasteiger partial charge is 0.481 e. The first kappa shape index (κ1) is 47.5. The smallest absolute Gasteiger partial charge is 0.326 e. The van der Waals surface area contributed by atoms with Crippen molar-refractivity contribution in [3.63, 3.8) is 0 Å². The molecule has 0 unspecified atom stereocenters. The molecule has 20 heteroatoms. The van der Waals surface area contributed by atoms with Gasteiger partial charge in [-0.05, 0) is 42.6 Å². The fraction of sp³-hybridized carbons (Fsp3) is 0.719. The van der Waals surface area contributed by atoms with Crippen LogP contribution < -0.4 is 37.6 Å². The second kappa shape index (κ2) is 23.9. The Balaban J connectivity index is 5.93. The zero-order valence-electron chi connectivity index (χ0n) is 30.8. The number of quaternary nitrogens is 1. The fourth-order valence-corrected chi connectivity index (χ4v) is 5.18. The molecule has 12 N–H and O–H groups in total. The molecule has 52 heavy (non-hydrogen) atoms. The molecule has 0 saturated carbocycles. The number of carboxylic acid groups (broad SMARTS) is 3. The SMILES string of the molecule is CC[C@H](C)[C@H](NC(=O)[C@@H]([NH3+])CC(=O)O)C(=O)N[C@@H](CC(=O)O)C(=O)N[C@H](C(=O)N[C@@H](CCSC)C(=O)NCC(=O)N[C@@H](CC(C)C)C(=O)O)C(C)C. The van der Waals surface area contributed by atoms with Gasteiger partial charge in [-0.15, -0.1) is 0 Å². The monoisotopic (exact) mass is 762 g/mol. The Morgan fingerprint density at radius 2 is 1.19 bits per heavy atom. The summed E-state index contributed by atoms with van der Waals surface area (Å²) in [4.78, 5) is 112. The quantitative estimate of drug-likeness (QED) is 0.0467. The second-order valence-electron chi connectivity index (χ2n) is 13.2. The van der Waals surface area contributed by atoms with Crippen molar-refractivity contribution in [3.8, 4) is 0 Å². The Labute approximate surface area is 307 Å². The number of hydrogen-bond donors (Lipinski definition) is 10. The van der Waals surface area contributed by atoms with Crippen LogP contribution in [0.5, 0.6) is 0 Å². The fourth-order valence-electron chi connectivity index (χ4n) is 4.71. The summed E-state index contributed by atoms with van der Waals surface area (Å²) in [6.45, 7) is 9.49. The van der Waals surface area contributed by atoms with E-state index < -0.39 is 121 Å². The topological polar surface area (TPSA) is 314 Å². The lowest BCUT2D eigenvalue weighted by molar-refractivity contribution is -0.403. The highest BCUT2D eigenvalue weighted by molar-refractivity contribution is 7.98. The van der Waals surface area contributed by atoms with Crippen LogP contribution >= 0.6 is 11.8 Å². The molecule has 0 heterocycles. The van der Waals surface area contributed by atoms with E-state index in [1.165, 1.54) is 11.8 Å². The molecule has 0 aliphatic heterocycles. The molecule has 0 aromatic carbocycles. The van der Waals surface area contributed by atoms with Crippen molar-refractivity contribution in [2.24, 2.45) is 17.8 Å². The third kappa shape index (κ3) is 18.2. The Hall–Kier alpha value is -4.46. The Bertz CT molecular complexity index is 1280. The van der Waals surface area contributed by atoms with E-state index in [0.29, 0.717) is 12.2 Å². The van der Waals surface area contributed by atoms with Crippen LogP contribution in [0.1, 0.15) is 73.6 Å². The number of carboxylic acids is 3. The van der Waals surface area contributed by atoms with Gasteiger partial charge in [-0.1, -0.05) is 48.0 Å². The van der Waals surface area contributed by atoms with E-state index in [9.17, 15) is 53.4 Å². The van der Waals surface area contributed by atoms with Crippen LogP contribution in [-0.4, -0.2) is 123 Å². The molecule has 0 radical (unpaired) electrons. The minimum absolute atomic E-state index is 0.0277. The average Bonchev–Trinajstić information content (AvgIpc) is 3.04. The second-order valence-corrected chi connectivity index (χ2v) is 14.2. The van der Waals surface area contributed by atoms with E-state index in [-0.39, 0.29) is 18.8 Å². The minimum Gasteiger partial charge on any atom is -0.481 e. The summed E-state index contributed by atoms with van der Waals surface area (Å²) in [7, 11) is 0. The predicted octanol–water partition coefficient (Wildman–Crippen LogP) is -2.33. The normalized spacial score (nSPS) is 15.1. The number of aliphatic carboxylic acids is 3. The van der Waals surface area contributed by atoms with Crippen molar-refractivity contribution < 1.29 is 64.2 Å². The lowest BCUT2D eigenvalue weighted by atomic mass is 9.97. The first-order chi connectivity index (χ1) is 24.1. The van der Waals surface area contributed by atoms with Crippen molar-refractivity contribution in [3.05, 3.63) is 0 Å². The summed E-state index contributed by atoms with van der Waals surface area (Å²) < 4.78 is 0. The van der Waals surface area contributed by atoms with Crippen LogP contribution in [0.2, 0.25) is 0 Å². The van der Waals surface area contributed by atoms with Crippen molar-refractivity contribution >= 4 is 65.1 Å². The van der Waals surface area contributed by atoms with Gasteiger partial charge < -0.3 is 53.0 Å². The minimum atomic E-state index is -1.71. The van der Waals surface area contributed by atoms with E-state index in [1.807, 2.05) is 0 Å². The molecule has 0 aliphatic rings. The Morgan fingerprint density at radius 1 is 0.654 bits per heavy atom. The van der Waals surface area contributed by atoms with Crippen LogP contribution in [0.25, 0.3) is 0 Å². The molecule has 7 atom stereocenters. The summed E-state index contributed by atoms with van der Waals surface area (Å²) in [5.41, 5.74) is 3.49. The summed E-state index contributed by atoms with van der Waals surface area (Å²) in [6.07, 6.45) is 0.908. The molecular formula is C32H56N7O12S+. The number of amides is 6. The third-order valence-corrected chi connectivity index (χ3v) is 8.49. The molecular weight excluding hydrogens is 706 g/mol. The van der Waals surface area contributed by atoms with Gasteiger partial charge in [0.1, 0.15) is 36.6 Å². The highest BCUT2D eigenvalue weighted by Crippen LogP contribution is 2.11. The molecule has 0 saturated heterocycles. The Kier molecular flexibility index (Phi) is 21.9. The molecule has 0 fully saturated rings. The first-order valence-corrected chi connectivity index (χ1v) is 18.3. The van der Waals surface area contributed by atoms with Gasteiger partial charge >= 0.3 is 17.9 Å². The lowest BCUT2D eigenvalue weighted by Gasteiger charge is -2.29. The molecule has 0 aromatic rings.